The molecule has 1 fully saturated rings. The van der Waals surface area contributed by atoms with Crippen molar-refractivity contribution in [3.63, 3.8) is 0 Å². The first-order chi connectivity index (χ1) is 11.5. The summed E-state index contributed by atoms with van der Waals surface area (Å²) in [6.07, 6.45) is 1.92. The van der Waals surface area contributed by atoms with E-state index < -0.39 is 17.4 Å². The lowest BCUT2D eigenvalue weighted by atomic mass is 9.96. The molecule has 1 aliphatic heterocycles. The summed E-state index contributed by atoms with van der Waals surface area (Å²) >= 11 is 0. The predicted molar refractivity (Wildman–Crippen MR) is 87.8 cm³/mol. The normalized spacial score (nSPS) is 15.5. The maximum atomic E-state index is 13.6. The van der Waals surface area contributed by atoms with E-state index in [0.717, 1.165) is 38.1 Å². The third kappa shape index (κ3) is 5.09. The Labute approximate surface area is 141 Å². The highest BCUT2D eigenvalue weighted by Gasteiger charge is 2.23. The van der Waals surface area contributed by atoms with E-state index in [0.29, 0.717) is 25.1 Å². The number of hydrogen-bond acceptors (Lipinski definition) is 3. The molecule has 1 aromatic rings. The summed E-state index contributed by atoms with van der Waals surface area (Å²) in [4.78, 5) is 26.0. The molecule has 6 heteroatoms. The number of Topliss-reactive ketones (excluding diaryl/α,β-unsaturated/α-hetero) is 1. The number of ketones is 1. The van der Waals surface area contributed by atoms with Crippen LogP contribution < -0.4 is 5.32 Å². The second kappa shape index (κ2) is 8.87. The van der Waals surface area contributed by atoms with Gasteiger partial charge in [0.1, 0.15) is 11.6 Å². The molecule has 1 saturated heterocycles. The van der Waals surface area contributed by atoms with Crippen LogP contribution >= 0.6 is 0 Å². The molecule has 0 saturated carbocycles. The van der Waals surface area contributed by atoms with Crippen LogP contribution in [0.15, 0.2) is 18.2 Å². The smallest absolute Gasteiger partial charge is 0.223 e. The van der Waals surface area contributed by atoms with Crippen molar-refractivity contribution in [3.8, 4) is 0 Å². The van der Waals surface area contributed by atoms with Crippen LogP contribution in [0.2, 0.25) is 0 Å². The van der Waals surface area contributed by atoms with E-state index in [2.05, 4.69) is 12.2 Å². The van der Waals surface area contributed by atoms with E-state index >= 15 is 0 Å². The Morgan fingerprint density at radius 2 is 1.92 bits per heavy atom. The fraction of sp³-hybridized carbons (Fsp3) is 0.556. The van der Waals surface area contributed by atoms with Crippen molar-refractivity contribution >= 4 is 11.7 Å². The summed E-state index contributed by atoms with van der Waals surface area (Å²) in [7, 11) is 0. The van der Waals surface area contributed by atoms with Crippen molar-refractivity contribution < 1.29 is 18.4 Å². The molecule has 0 radical (unpaired) electrons. The standard InChI is InChI=1S/C18H24F2N2O2/c1-2-21-12-13-7-9-22(10-8-13)18(24)6-5-17(23)15-4-3-14(19)11-16(15)20/h3-4,11,13,21H,2,5-10,12H2,1H3. The lowest BCUT2D eigenvalue weighted by Gasteiger charge is -2.32. The molecule has 0 aromatic heterocycles. The molecule has 2 rings (SSSR count). The first-order valence-electron chi connectivity index (χ1n) is 8.48. The number of nitrogens with one attached hydrogen (secondary N) is 1. The minimum Gasteiger partial charge on any atom is -0.343 e. The van der Waals surface area contributed by atoms with Crippen molar-refractivity contribution in [2.24, 2.45) is 5.92 Å². The van der Waals surface area contributed by atoms with Crippen molar-refractivity contribution in [1.82, 2.24) is 10.2 Å². The number of rotatable bonds is 7. The zero-order valence-electron chi connectivity index (χ0n) is 14.0. The van der Waals surface area contributed by atoms with Gasteiger partial charge in [-0.25, -0.2) is 8.78 Å². The fourth-order valence-electron chi connectivity index (χ4n) is 2.96. The highest BCUT2D eigenvalue weighted by atomic mass is 19.1. The van der Waals surface area contributed by atoms with Crippen LogP contribution in [0.1, 0.15) is 43.0 Å². The van der Waals surface area contributed by atoms with Crippen LogP contribution in [0, 0.1) is 17.6 Å². The van der Waals surface area contributed by atoms with Crippen LogP contribution in [-0.4, -0.2) is 42.8 Å². The number of likely N-dealkylation sites (tertiary alicyclic amines) is 1. The van der Waals surface area contributed by atoms with Gasteiger partial charge in [0.2, 0.25) is 5.91 Å². The average Bonchev–Trinajstić information content (AvgIpc) is 2.58. The van der Waals surface area contributed by atoms with Crippen LogP contribution in [0.3, 0.4) is 0 Å². The molecule has 132 valence electrons. The molecule has 0 aliphatic carbocycles. The number of carbonyl (C=O) groups excluding carboxylic acids is 2. The van der Waals surface area contributed by atoms with Crippen molar-refractivity contribution in [2.45, 2.75) is 32.6 Å². The predicted octanol–water partition coefficient (Wildman–Crippen LogP) is 2.78. The van der Waals surface area contributed by atoms with Gasteiger partial charge in [0.15, 0.2) is 5.78 Å². The second-order valence-corrected chi connectivity index (χ2v) is 6.18. The topological polar surface area (TPSA) is 49.4 Å². The number of piperidine rings is 1. The van der Waals surface area contributed by atoms with Gasteiger partial charge in [0.25, 0.3) is 0 Å². The summed E-state index contributed by atoms with van der Waals surface area (Å²) in [5.74, 6) is -1.56. The van der Waals surface area contributed by atoms with E-state index in [1.54, 1.807) is 4.90 Å². The first kappa shape index (κ1) is 18.5. The molecule has 24 heavy (non-hydrogen) atoms. The van der Waals surface area contributed by atoms with Crippen LogP contribution in [0.25, 0.3) is 0 Å². The average molecular weight is 338 g/mol. The Bertz CT molecular complexity index is 584. The molecular weight excluding hydrogens is 314 g/mol. The summed E-state index contributed by atoms with van der Waals surface area (Å²) in [6.45, 7) is 5.39. The Hall–Kier alpha value is -1.82. The van der Waals surface area contributed by atoms with Gasteiger partial charge in [-0.05, 0) is 44.0 Å². The summed E-state index contributed by atoms with van der Waals surface area (Å²) in [5, 5.41) is 3.32. The molecular formula is C18H24F2N2O2. The van der Waals surface area contributed by atoms with Gasteiger partial charge in [-0.15, -0.1) is 0 Å². The Balaban J connectivity index is 1.78. The molecule has 0 atom stereocenters. The second-order valence-electron chi connectivity index (χ2n) is 6.18. The zero-order valence-corrected chi connectivity index (χ0v) is 14.0. The number of nitrogens with zero attached hydrogens (tertiary/aromatic N) is 1. The van der Waals surface area contributed by atoms with Gasteiger partial charge < -0.3 is 10.2 Å². The van der Waals surface area contributed by atoms with Gasteiger partial charge in [0.05, 0.1) is 5.56 Å². The number of benzene rings is 1. The van der Waals surface area contributed by atoms with E-state index in [1.165, 1.54) is 0 Å². The zero-order chi connectivity index (χ0) is 17.5. The summed E-state index contributed by atoms with van der Waals surface area (Å²) in [6, 6.07) is 2.86. The van der Waals surface area contributed by atoms with Crippen LogP contribution in [-0.2, 0) is 4.79 Å². The minimum atomic E-state index is -0.878. The minimum absolute atomic E-state index is 0.0568. The third-order valence-electron chi connectivity index (χ3n) is 4.45. The van der Waals surface area contributed by atoms with E-state index in [9.17, 15) is 18.4 Å². The highest BCUT2D eigenvalue weighted by Crippen LogP contribution is 2.18. The van der Waals surface area contributed by atoms with Gasteiger partial charge in [-0.1, -0.05) is 6.92 Å². The number of amides is 1. The van der Waals surface area contributed by atoms with E-state index in [1.807, 2.05) is 0 Å². The van der Waals surface area contributed by atoms with Crippen molar-refractivity contribution in [1.29, 1.82) is 0 Å². The van der Waals surface area contributed by atoms with Gasteiger partial charge in [-0.2, -0.15) is 0 Å². The SMILES string of the molecule is CCNCC1CCN(C(=O)CCC(=O)c2ccc(F)cc2F)CC1. The largest absolute Gasteiger partial charge is 0.343 e. The van der Waals surface area contributed by atoms with Gasteiger partial charge in [0, 0.05) is 32.0 Å². The molecule has 1 N–H and O–H groups in total. The molecule has 1 heterocycles. The Morgan fingerprint density at radius 3 is 2.54 bits per heavy atom. The summed E-state index contributed by atoms with van der Waals surface area (Å²) < 4.78 is 26.4. The lowest BCUT2D eigenvalue weighted by Crippen LogP contribution is -2.40. The molecule has 1 amide bonds. The third-order valence-corrected chi connectivity index (χ3v) is 4.45. The maximum Gasteiger partial charge on any atom is 0.223 e. The lowest BCUT2D eigenvalue weighted by molar-refractivity contribution is -0.132. The first-order valence-corrected chi connectivity index (χ1v) is 8.48. The molecule has 0 unspecified atom stereocenters. The van der Waals surface area contributed by atoms with Crippen molar-refractivity contribution in [2.75, 3.05) is 26.2 Å². The number of hydrogen-bond donors (Lipinski definition) is 1. The maximum absolute atomic E-state index is 13.6. The number of carbonyl (C=O) groups is 2. The summed E-state index contributed by atoms with van der Waals surface area (Å²) in [5.41, 5.74) is -0.159. The molecule has 4 nitrogen and oxygen atoms in total. The molecule has 0 spiro atoms. The van der Waals surface area contributed by atoms with Gasteiger partial charge >= 0.3 is 0 Å². The monoisotopic (exact) mass is 338 g/mol. The Kier molecular flexibility index (Phi) is 6.85. The number of halogens is 2. The van der Waals surface area contributed by atoms with Crippen LogP contribution in [0.4, 0.5) is 8.78 Å². The molecule has 1 aliphatic rings. The van der Waals surface area contributed by atoms with Gasteiger partial charge in [-0.3, -0.25) is 9.59 Å². The van der Waals surface area contributed by atoms with E-state index in [-0.39, 0.29) is 24.3 Å². The quantitative estimate of drug-likeness (QED) is 0.778. The molecule has 0 bridgehead atoms. The van der Waals surface area contributed by atoms with Crippen molar-refractivity contribution in [3.05, 3.63) is 35.4 Å². The van der Waals surface area contributed by atoms with Crippen LogP contribution in [0.5, 0.6) is 0 Å². The van der Waals surface area contributed by atoms with E-state index in [4.69, 9.17) is 0 Å². The molecule has 1 aromatic carbocycles. The fourth-order valence-corrected chi connectivity index (χ4v) is 2.96. The Morgan fingerprint density at radius 1 is 1.21 bits per heavy atom. The highest BCUT2D eigenvalue weighted by molar-refractivity contribution is 5.98.